The second-order valence-corrected chi connectivity index (χ2v) is 12.4. The number of hydrogen-bond donors (Lipinski definition) is 4. The minimum atomic E-state index is -0.952. The molecule has 1 saturated heterocycles. The van der Waals surface area contributed by atoms with Crippen LogP contribution >= 0.6 is 0 Å². The van der Waals surface area contributed by atoms with E-state index < -0.39 is 23.8 Å². The summed E-state index contributed by atoms with van der Waals surface area (Å²) in [7, 11) is 0. The molecule has 10 heteroatoms. The van der Waals surface area contributed by atoms with Crippen molar-refractivity contribution in [2.24, 2.45) is 0 Å². The maximum absolute atomic E-state index is 13.0. The number of fused-ring (bicyclic) bond motifs is 1. The van der Waals surface area contributed by atoms with Crippen LogP contribution in [0.2, 0.25) is 0 Å². The van der Waals surface area contributed by atoms with Crippen LogP contribution in [0.25, 0.3) is 0 Å². The molecule has 1 aliphatic carbocycles. The molecule has 0 aromatic heterocycles. The Labute approximate surface area is 265 Å². The third kappa shape index (κ3) is 8.49. The number of nitrogens with one attached hydrogen (secondary N) is 4. The van der Waals surface area contributed by atoms with Gasteiger partial charge in [0.25, 0.3) is 17.7 Å². The third-order valence-electron chi connectivity index (χ3n) is 9.04. The first-order valence-electron chi connectivity index (χ1n) is 16.6. The molecule has 2 aromatic carbocycles. The number of hydrogen-bond acceptors (Lipinski definition) is 7. The summed E-state index contributed by atoms with van der Waals surface area (Å²) in [5.41, 5.74) is 3.11. The van der Waals surface area contributed by atoms with E-state index >= 15 is 0 Å². The van der Waals surface area contributed by atoms with E-state index in [2.05, 4.69) is 21.3 Å². The standard InChI is InChI=1S/C35H45N5O5/c41-31-20-19-30(33(43)39-31)40-34(44)28-18-17-27(23-29(28)35(40)45)37-22-10-5-3-1-2-4-9-21-36-25-15-13-24(14-16-25)32(42)38-26-11-7-6-8-12-26/h13-18,23,26,30,36-37H,1-12,19-22H2,(H,38,42)(H,39,41,43). The predicted molar refractivity (Wildman–Crippen MR) is 173 cm³/mol. The normalized spacial score (nSPS) is 18.5. The molecule has 1 unspecified atom stereocenters. The van der Waals surface area contributed by atoms with Crippen molar-refractivity contribution in [1.82, 2.24) is 15.5 Å². The molecule has 0 spiro atoms. The number of nitrogens with zero attached hydrogens (tertiary/aromatic N) is 1. The third-order valence-corrected chi connectivity index (χ3v) is 9.04. The first-order chi connectivity index (χ1) is 21.9. The molecule has 1 atom stereocenters. The Morgan fingerprint density at radius 3 is 1.98 bits per heavy atom. The summed E-state index contributed by atoms with van der Waals surface area (Å²) >= 11 is 0. The summed E-state index contributed by atoms with van der Waals surface area (Å²) in [6.07, 6.45) is 14.0. The first kappa shape index (κ1) is 32.2. The van der Waals surface area contributed by atoms with Crippen molar-refractivity contribution < 1.29 is 24.0 Å². The van der Waals surface area contributed by atoms with Crippen molar-refractivity contribution in [2.75, 3.05) is 23.7 Å². The lowest BCUT2D eigenvalue weighted by atomic mass is 9.95. The molecule has 10 nitrogen and oxygen atoms in total. The van der Waals surface area contributed by atoms with Gasteiger partial charge in [-0.2, -0.15) is 0 Å². The summed E-state index contributed by atoms with van der Waals surface area (Å²) in [5.74, 6) is -1.94. The predicted octanol–water partition coefficient (Wildman–Crippen LogP) is 5.41. The van der Waals surface area contributed by atoms with Crippen LogP contribution < -0.4 is 21.3 Å². The highest BCUT2D eigenvalue weighted by atomic mass is 16.2. The Morgan fingerprint density at radius 2 is 1.31 bits per heavy atom. The molecule has 5 amide bonds. The van der Waals surface area contributed by atoms with Gasteiger partial charge >= 0.3 is 0 Å². The molecular formula is C35H45N5O5. The van der Waals surface area contributed by atoms with E-state index in [1.165, 1.54) is 38.5 Å². The Morgan fingerprint density at radius 1 is 0.711 bits per heavy atom. The molecule has 0 radical (unpaired) electrons. The fourth-order valence-corrected chi connectivity index (χ4v) is 6.44. The Bertz CT molecular complexity index is 1390. The highest BCUT2D eigenvalue weighted by Crippen LogP contribution is 2.29. The fraction of sp³-hybridized carbons (Fsp3) is 0.514. The maximum atomic E-state index is 13.0. The van der Waals surface area contributed by atoms with Gasteiger partial charge in [-0.3, -0.25) is 34.2 Å². The number of piperidine rings is 1. The quantitative estimate of drug-likeness (QED) is 0.155. The second kappa shape index (κ2) is 15.7. The van der Waals surface area contributed by atoms with Crippen LogP contribution in [-0.2, 0) is 9.59 Å². The second-order valence-electron chi connectivity index (χ2n) is 12.4. The molecule has 2 fully saturated rings. The molecule has 3 aliphatic rings. The molecule has 2 aromatic rings. The zero-order valence-electron chi connectivity index (χ0n) is 26.0. The van der Waals surface area contributed by atoms with Gasteiger partial charge in [0.1, 0.15) is 6.04 Å². The van der Waals surface area contributed by atoms with Gasteiger partial charge in [-0.25, -0.2) is 0 Å². The molecule has 0 bridgehead atoms. The van der Waals surface area contributed by atoms with Crippen molar-refractivity contribution in [2.45, 2.75) is 102 Å². The van der Waals surface area contributed by atoms with Crippen LogP contribution in [-0.4, -0.2) is 59.6 Å². The monoisotopic (exact) mass is 615 g/mol. The Hall–Kier alpha value is -4.21. The molecule has 4 N–H and O–H groups in total. The highest BCUT2D eigenvalue weighted by Gasteiger charge is 2.44. The molecular weight excluding hydrogens is 570 g/mol. The fourth-order valence-electron chi connectivity index (χ4n) is 6.44. The summed E-state index contributed by atoms with van der Waals surface area (Å²) in [4.78, 5) is 63.0. The zero-order valence-corrected chi connectivity index (χ0v) is 26.0. The lowest BCUT2D eigenvalue weighted by Gasteiger charge is -2.27. The van der Waals surface area contributed by atoms with Crippen molar-refractivity contribution in [3.05, 3.63) is 59.2 Å². The summed E-state index contributed by atoms with van der Waals surface area (Å²) in [5, 5.41) is 12.2. The van der Waals surface area contributed by atoms with E-state index in [4.69, 9.17) is 0 Å². The highest BCUT2D eigenvalue weighted by molar-refractivity contribution is 6.23. The Balaban J connectivity index is 0.908. The van der Waals surface area contributed by atoms with Gasteiger partial charge in [0, 0.05) is 42.5 Å². The topological polar surface area (TPSA) is 137 Å². The molecule has 1 saturated carbocycles. The molecule has 2 aliphatic heterocycles. The number of carbonyl (C=O) groups excluding carboxylic acids is 5. The first-order valence-corrected chi connectivity index (χ1v) is 16.6. The van der Waals surface area contributed by atoms with Crippen molar-refractivity contribution in [1.29, 1.82) is 0 Å². The van der Waals surface area contributed by atoms with Crippen molar-refractivity contribution in [3.63, 3.8) is 0 Å². The lowest BCUT2D eigenvalue weighted by Crippen LogP contribution is -2.54. The van der Waals surface area contributed by atoms with Crippen LogP contribution in [0.3, 0.4) is 0 Å². The Kier molecular flexibility index (Phi) is 11.2. The van der Waals surface area contributed by atoms with Gasteiger partial charge in [0.15, 0.2) is 0 Å². The van der Waals surface area contributed by atoms with Gasteiger partial charge < -0.3 is 16.0 Å². The average molecular weight is 616 g/mol. The van der Waals surface area contributed by atoms with E-state index in [0.29, 0.717) is 11.6 Å². The van der Waals surface area contributed by atoms with E-state index in [-0.39, 0.29) is 30.2 Å². The number of imide groups is 2. The van der Waals surface area contributed by atoms with Crippen LogP contribution in [0.1, 0.15) is 121 Å². The minimum absolute atomic E-state index is 0.0294. The summed E-state index contributed by atoms with van der Waals surface area (Å²) in [6.45, 7) is 1.68. The zero-order chi connectivity index (χ0) is 31.6. The summed E-state index contributed by atoms with van der Waals surface area (Å²) in [6, 6.07) is 12.2. The number of amides is 5. The van der Waals surface area contributed by atoms with E-state index in [0.717, 1.165) is 73.5 Å². The smallest absolute Gasteiger partial charge is 0.262 e. The van der Waals surface area contributed by atoms with Crippen LogP contribution in [0.4, 0.5) is 11.4 Å². The molecule has 45 heavy (non-hydrogen) atoms. The van der Waals surface area contributed by atoms with Gasteiger partial charge in [-0.05, 0) is 74.6 Å². The largest absolute Gasteiger partial charge is 0.385 e. The maximum Gasteiger partial charge on any atom is 0.262 e. The van der Waals surface area contributed by atoms with Gasteiger partial charge in [0.05, 0.1) is 11.1 Å². The van der Waals surface area contributed by atoms with E-state index in [1.54, 1.807) is 18.2 Å². The molecule has 240 valence electrons. The minimum Gasteiger partial charge on any atom is -0.385 e. The molecule has 2 heterocycles. The lowest BCUT2D eigenvalue weighted by molar-refractivity contribution is -0.136. The number of anilines is 2. The van der Waals surface area contributed by atoms with Gasteiger partial charge in [-0.1, -0.05) is 51.4 Å². The number of benzene rings is 2. The number of unbranched alkanes of at least 4 members (excludes halogenated alkanes) is 6. The average Bonchev–Trinajstić information content (AvgIpc) is 3.29. The van der Waals surface area contributed by atoms with Gasteiger partial charge in [-0.15, -0.1) is 0 Å². The summed E-state index contributed by atoms with van der Waals surface area (Å²) < 4.78 is 0. The van der Waals surface area contributed by atoms with Crippen molar-refractivity contribution in [3.8, 4) is 0 Å². The SMILES string of the molecule is O=C1CCC(N2C(=O)c3ccc(NCCCCCCCCCNc4ccc(C(=O)NC5CCCCC5)cc4)cc3C2=O)C(=O)N1. The van der Waals surface area contributed by atoms with Crippen molar-refractivity contribution >= 4 is 40.9 Å². The van der Waals surface area contributed by atoms with Crippen LogP contribution in [0.5, 0.6) is 0 Å². The number of carbonyl (C=O) groups is 5. The molecule has 5 rings (SSSR count). The van der Waals surface area contributed by atoms with Crippen LogP contribution in [0.15, 0.2) is 42.5 Å². The van der Waals surface area contributed by atoms with E-state index in [1.807, 2.05) is 24.3 Å². The number of rotatable bonds is 15. The van der Waals surface area contributed by atoms with E-state index in [9.17, 15) is 24.0 Å². The van der Waals surface area contributed by atoms with Crippen LogP contribution in [0, 0.1) is 0 Å². The van der Waals surface area contributed by atoms with Gasteiger partial charge in [0.2, 0.25) is 11.8 Å².